The second-order valence-corrected chi connectivity index (χ2v) is 3.63. The van der Waals surface area contributed by atoms with Gasteiger partial charge in [-0.25, -0.2) is 9.97 Å². The SMILES string of the molecule is CCN(CCO)Cc1cnc2ncccn12. The summed E-state index contributed by atoms with van der Waals surface area (Å²) in [5, 5.41) is 8.93. The van der Waals surface area contributed by atoms with Crippen molar-refractivity contribution in [3.8, 4) is 0 Å². The molecule has 0 aliphatic rings. The van der Waals surface area contributed by atoms with Crippen LogP contribution in [0.1, 0.15) is 12.6 Å². The summed E-state index contributed by atoms with van der Waals surface area (Å²) in [5.74, 6) is 0.720. The second-order valence-electron chi connectivity index (χ2n) is 3.63. The lowest BCUT2D eigenvalue weighted by Crippen LogP contribution is -2.26. The fourth-order valence-electron chi connectivity index (χ4n) is 1.71. The van der Waals surface area contributed by atoms with Crippen molar-refractivity contribution in [1.82, 2.24) is 19.3 Å². The number of hydrogen-bond donors (Lipinski definition) is 1. The number of nitrogens with zero attached hydrogens (tertiary/aromatic N) is 4. The minimum absolute atomic E-state index is 0.183. The number of likely N-dealkylation sites (N-methyl/N-ethyl adjacent to an activating group) is 1. The highest BCUT2D eigenvalue weighted by molar-refractivity contribution is 5.30. The summed E-state index contributed by atoms with van der Waals surface area (Å²) >= 11 is 0. The predicted molar refractivity (Wildman–Crippen MR) is 61.0 cm³/mol. The van der Waals surface area contributed by atoms with Crippen molar-refractivity contribution in [3.05, 3.63) is 30.4 Å². The Hall–Kier alpha value is -1.46. The van der Waals surface area contributed by atoms with Gasteiger partial charge < -0.3 is 5.11 Å². The van der Waals surface area contributed by atoms with E-state index in [0.717, 1.165) is 24.6 Å². The lowest BCUT2D eigenvalue weighted by molar-refractivity contribution is 0.195. The molecule has 0 amide bonds. The van der Waals surface area contributed by atoms with Crippen molar-refractivity contribution >= 4 is 5.78 Å². The minimum Gasteiger partial charge on any atom is -0.395 e. The summed E-state index contributed by atoms with van der Waals surface area (Å²) in [4.78, 5) is 10.6. The highest BCUT2D eigenvalue weighted by Gasteiger charge is 2.07. The van der Waals surface area contributed by atoms with E-state index in [2.05, 4.69) is 21.8 Å². The average Bonchev–Trinajstić information content (AvgIpc) is 2.72. The number of aliphatic hydroxyl groups is 1. The van der Waals surface area contributed by atoms with Gasteiger partial charge in [-0.2, -0.15) is 0 Å². The summed E-state index contributed by atoms with van der Waals surface area (Å²) in [6, 6.07) is 1.89. The maximum atomic E-state index is 8.93. The first-order chi connectivity index (χ1) is 7.85. The van der Waals surface area contributed by atoms with Crippen molar-refractivity contribution in [2.24, 2.45) is 0 Å². The van der Waals surface area contributed by atoms with E-state index < -0.39 is 0 Å². The van der Waals surface area contributed by atoms with Crippen molar-refractivity contribution in [2.75, 3.05) is 19.7 Å². The number of aromatic nitrogens is 3. The molecule has 0 aliphatic heterocycles. The van der Waals surface area contributed by atoms with Crippen LogP contribution in [0.4, 0.5) is 0 Å². The molecule has 0 aliphatic carbocycles. The number of aliphatic hydroxyl groups excluding tert-OH is 1. The first-order valence-corrected chi connectivity index (χ1v) is 5.45. The molecule has 0 atom stereocenters. The first kappa shape index (κ1) is 11.0. The fraction of sp³-hybridized carbons (Fsp3) is 0.455. The van der Waals surface area contributed by atoms with Crippen LogP contribution in [-0.2, 0) is 6.54 Å². The monoisotopic (exact) mass is 220 g/mol. The molecule has 2 aromatic rings. The van der Waals surface area contributed by atoms with Crippen molar-refractivity contribution in [1.29, 1.82) is 0 Å². The fourth-order valence-corrected chi connectivity index (χ4v) is 1.71. The summed E-state index contributed by atoms with van der Waals surface area (Å²) in [6.45, 7) is 4.64. The zero-order chi connectivity index (χ0) is 11.4. The van der Waals surface area contributed by atoms with Gasteiger partial charge in [0, 0.05) is 25.5 Å². The van der Waals surface area contributed by atoms with Gasteiger partial charge >= 0.3 is 0 Å². The molecule has 86 valence electrons. The Morgan fingerprint density at radius 2 is 2.31 bits per heavy atom. The molecule has 16 heavy (non-hydrogen) atoms. The summed E-state index contributed by atoms with van der Waals surface area (Å²) in [6.07, 6.45) is 5.53. The maximum absolute atomic E-state index is 8.93. The topological polar surface area (TPSA) is 53.7 Å². The van der Waals surface area contributed by atoms with E-state index in [-0.39, 0.29) is 6.61 Å². The molecular formula is C11H16N4O. The van der Waals surface area contributed by atoms with Gasteiger partial charge in [-0.05, 0) is 12.6 Å². The molecule has 2 aromatic heterocycles. The molecule has 0 fully saturated rings. The molecule has 0 unspecified atom stereocenters. The molecule has 5 nitrogen and oxygen atoms in total. The van der Waals surface area contributed by atoms with Gasteiger partial charge in [-0.15, -0.1) is 0 Å². The molecular weight excluding hydrogens is 204 g/mol. The highest BCUT2D eigenvalue weighted by Crippen LogP contribution is 2.06. The standard InChI is InChI=1S/C11H16N4O/c1-2-14(6-7-16)9-10-8-13-11-12-4-3-5-15(10)11/h3-5,8,16H,2,6-7,9H2,1H3. The summed E-state index contributed by atoms with van der Waals surface area (Å²) in [5.41, 5.74) is 1.10. The van der Waals surface area contributed by atoms with Gasteiger partial charge in [-0.3, -0.25) is 9.30 Å². The molecule has 0 bridgehead atoms. The largest absolute Gasteiger partial charge is 0.395 e. The number of rotatable bonds is 5. The Morgan fingerprint density at radius 1 is 1.44 bits per heavy atom. The maximum Gasteiger partial charge on any atom is 0.233 e. The van der Waals surface area contributed by atoms with Gasteiger partial charge in [-0.1, -0.05) is 6.92 Å². The highest BCUT2D eigenvalue weighted by atomic mass is 16.3. The molecule has 2 heterocycles. The van der Waals surface area contributed by atoms with E-state index >= 15 is 0 Å². The minimum atomic E-state index is 0.183. The molecule has 0 saturated carbocycles. The van der Waals surface area contributed by atoms with Crippen LogP contribution < -0.4 is 0 Å². The third-order valence-corrected chi connectivity index (χ3v) is 2.61. The van der Waals surface area contributed by atoms with Gasteiger partial charge in [0.15, 0.2) is 0 Å². The van der Waals surface area contributed by atoms with Gasteiger partial charge in [0.2, 0.25) is 5.78 Å². The van der Waals surface area contributed by atoms with Crippen molar-refractivity contribution in [2.45, 2.75) is 13.5 Å². The number of fused-ring (bicyclic) bond motifs is 1. The van der Waals surface area contributed by atoms with E-state index in [1.807, 2.05) is 22.9 Å². The third kappa shape index (κ3) is 2.20. The number of imidazole rings is 1. The average molecular weight is 220 g/mol. The Labute approximate surface area is 94.4 Å². The van der Waals surface area contributed by atoms with E-state index in [1.54, 1.807) is 6.20 Å². The van der Waals surface area contributed by atoms with E-state index in [9.17, 15) is 0 Å². The quantitative estimate of drug-likeness (QED) is 0.799. The summed E-state index contributed by atoms with van der Waals surface area (Å²) < 4.78 is 1.97. The molecule has 0 spiro atoms. The summed E-state index contributed by atoms with van der Waals surface area (Å²) in [7, 11) is 0. The Kier molecular flexibility index (Phi) is 3.48. The molecule has 5 heteroatoms. The molecule has 2 rings (SSSR count). The first-order valence-electron chi connectivity index (χ1n) is 5.45. The second kappa shape index (κ2) is 5.05. The Bertz CT molecular complexity index is 454. The van der Waals surface area contributed by atoms with Crippen LogP contribution >= 0.6 is 0 Å². The van der Waals surface area contributed by atoms with Crippen LogP contribution in [0.5, 0.6) is 0 Å². The van der Waals surface area contributed by atoms with Crippen molar-refractivity contribution in [3.63, 3.8) is 0 Å². The van der Waals surface area contributed by atoms with Crippen LogP contribution in [0, 0.1) is 0 Å². The lowest BCUT2D eigenvalue weighted by Gasteiger charge is -2.18. The Morgan fingerprint density at radius 3 is 3.06 bits per heavy atom. The third-order valence-electron chi connectivity index (χ3n) is 2.61. The lowest BCUT2D eigenvalue weighted by atomic mass is 10.4. The van der Waals surface area contributed by atoms with Crippen LogP contribution in [0.25, 0.3) is 5.78 Å². The van der Waals surface area contributed by atoms with Crippen LogP contribution in [0.3, 0.4) is 0 Å². The molecule has 1 N–H and O–H groups in total. The van der Waals surface area contributed by atoms with Crippen molar-refractivity contribution < 1.29 is 5.11 Å². The van der Waals surface area contributed by atoms with Gasteiger partial charge in [0.1, 0.15) is 0 Å². The Balaban J connectivity index is 2.20. The van der Waals surface area contributed by atoms with Crippen LogP contribution in [0.2, 0.25) is 0 Å². The van der Waals surface area contributed by atoms with Gasteiger partial charge in [0.25, 0.3) is 0 Å². The predicted octanol–water partition coefficient (Wildman–Crippen LogP) is 0.543. The van der Waals surface area contributed by atoms with Gasteiger partial charge in [0.05, 0.1) is 18.5 Å². The van der Waals surface area contributed by atoms with Crippen LogP contribution in [-0.4, -0.2) is 44.1 Å². The van der Waals surface area contributed by atoms with E-state index in [4.69, 9.17) is 5.11 Å². The van der Waals surface area contributed by atoms with E-state index in [0.29, 0.717) is 6.54 Å². The smallest absolute Gasteiger partial charge is 0.233 e. The zero-order valence-electron chi connectivity index (χ0n) is 9.37. The molecule has 0 saturated heterocycles. The normalized spacial score (nSPS) is 11.4. The van der Waals surface area contributed by atoms with Crippen LogP contribution in [0.15, 0.2) is 24.7 Å². The van der Waals surface area contributed by atoms with E-state index in [1.165, 1.54) is 0 Å². The zero-order valence-corrected chi connectivity index (χ0v) is 9.37. The number of hydrogen-bond acceptors (Lipinski definition) is 4. The molecule has 0 radical (unpaired) electrons. The molecule has 0 aromatic carbocycles.